The molecule has 0 amide bonds. The third-order valence-corrected chi connectivity index (χ3v) is 2.98. The van der Waals surface area contributed by atoms with Crippen molar-refractivity contribution in [2.75, 3.05) is 13.6 Å². The van der Waals surface area contributed by atoms with Crippen LogP contribution in [0.1, 0.15) is 19.8 Å². The molecule has 2 aliphatic rings. The van der Waals surface area contributed by atoms with E-state index in [0.29, 0.717) is 0 Å². The van der Waals surface area contributed by atoms with E-state index >= 15 is 0 Å². The van der Waals surface area contributed by atoms with E-state index in [2.05, 4.69) is 18.9 Å². The van der Waals surface area contributed by atoms with Crippen LogP contribution in [0.3, 0.4) is 0 Å². The molecule has 1 heteroatoms. The zero-order chi connectivity index (χ0) is 6.43. The highest BCUT2D eigenvalue weighted by Gasteiger charge is 2.49. The molecule has 1 aliphatic carbocycles. The monoisotopic (exact) mass is 125 g/mol. The average Bonchev–Trinajstić information content (AvgIpc) is 2.45. The van der Waals surface area contributed by atoms with E-state index < -0.39 is 0 Å². The molecule has 0 radical (unpaired) electrons. The van der Waals surface area contributed by atoms with E-state index in [1.807, 2.05) is 0 Å². The standard InChI is InChI=1S/C8H15N/c1-3-8-7-4-6(7)5-9(8)2/h6-8H,3-5H2,1-2H3. The number of hydrogen-bond donors (Lipinski definition) is 0. The van der Waals surface area contributed by atoms with Crippen molar-refractivity contribution in [1.29, 1.82) is 0 Å². The molecule has 0 spiro atoms. The SMILES string of the molecule is CCC1C2CC2CN1C. The Bertz CT molecular complexity index is 120. The van der Waals surface area contributed by atoms with Crippen molar-refractivity contribution < 1.29 is 0 Å². The average molecular weight is 125 g/mol. The minimum atomic E-state index is 0.940. The van der Waals surface area contributed by atoms with E-state index in [4.69, 9.17) is 0 Å². The number of rotatable bonds is 1. The molecule has 1 heterocycles. The van der Waals surface area contributed by atoms with Crippen LogP contribution >= 0.6 is 0 Å². The van der Waals surface area contributed by atoms with Crippen LogP contribution in [0.5, 0.6) is 0 Å². The van der Waals surface area contributed by atoms with Crippen molar-refractivity contribution >= 4 is 0 Å². The number of likely N-dealkylation sites (tertiary alicyclic amines) is 1. The highest BCUT2D eigenvalue weighted by Crippen LogP contribution is 2.49. The first-order valence-corrected chi connectivity index (χ1v) is 4.03. The van der Waals surface area contributed by atoms with Crippen molar-refractivity contribution in [3.8, 4) is 0 Å². The van der Waals surface area contributed by atoms with Crippen molar-refractivity contribution in [2.24, 2.45) is 11.8 Å². The molecule has 9 heavy (non-hydrogen) atoms. The Balaban J connectivity index is 2.02. The van der Waals surface area contributed by atoms with Crippen LogP contribution in [-0.4, -0.2) is 24.5 Å². The number of hydrogen-bond acceptors (Lipinski definition) is 1. The third kappa shape index (κ3) is 0.710. The molecule has 1 aliphatic heterocycles. The fourth-order valence-corrected chi connectivity index (χ4v) is 2.40. The Morgan fingerprint density at radius 2 is 2.33 bits per heavy atom. The van der Waals surface area contributed by atoms with Gasteiger partial charge in [0, 0.05) is 12.6 Å². The molecule has 0 aromatic carbocycles. The van der Waals surface area contributed by atoms with Crippen LogP contribution < -0.4 is 0 Å². The van der Waals surface area contributed by atoms with Gasteiger partial charge < -0.3 is 4.90 Å². The minimum Gasteiger partial charge on any atom is -0.303 e. The smallest absolute Gasteiger partial charge is 0.0121 e. The van der Waals surface area contributed by atoms with E-state index in [9.17, 15) is 0 Å². The van der Waals surface area contributed by atoms with Crippen LogP contribution in [0.15, 0.2) is 0 Å². The summed E-state index contributed by atoms with van der Waals surface area (Å²) < 4.78 is 0. The number of fused-ring (bicyclic) bond motifs is 1. The second kappa shape index (κ2) is 1.72. The van der Waals surface area contributed by atoms with E-state index in [1.165, 1.54) is 19.4 Å². The summed E-state index contributed by atoms with van der Waals surface area (Å²) in [6, 6.07) is 0.940. The topological polar surface area (TPSA) is 3.24 Å². The highest BCUT2D eigenvalue weighted by molar-refractivity contribution is 5.02. The van der Waals surface area contributed by atoms with Gasteiger partial charge in [0.15, 0.2) is 0 Å². The first kappa shape index (κ1) is 5.72. The van der Waals surface area contributed by atoms with Gasteiger partial charge in [-0.3, -0.25) is 0 Å². The van der Waals surface area contributed by atoms with Crippen molar-refractivity contribution in [3.63, 3.8) is 0 Å². The van der Waals surface area contributed by atoms with Gasteiger partial charge in [-0.15, -0.1) is 0 Å². The summed E-state index contributed by atoms with van der Waals surface area (Å²) in [7, 11) is 2.26. The first-order valence-electron chi connectivity index (χ1n) is 4.03. The predicted molar refractivity (Wildman–Crippen MR) is 38.3 cm³/mol. The quantitative estimate of drug-likeness (QED) is 0.511. The van der Waals surface area contributed by atoms with E-state index in [-0.39, 0.29) is 0 Å². The molecule has 2 rings (SSSR count). The van der Waals surface area contributed by atoms with Gasteiger partial charge in [0.25, 0.3) is 0 Å². The largest absolute Gasteiger partial charge is 0.303 e. The fourth-order valence-electron chi connectivity index (χ4n) is 2.40. The summed E-state index contributed by atoms with van der Waals surface area (Å²) in [6.07, 6.45) is 2.89. The molecule has 52 valence electrons. The molecule has 0 bridgehead atoms. The lowest BCUT2D eigenvalue weighted by atomic mass is 10.1. The fraction of sp³-hybridized carbons (Fsp3) is 1.00. The lowest BCUT2D eigenvalue weighted by molar-refractivity contribution is 0.263. The summed E-state index contributed by atoms with van der Waals surface area (Å²) in [4.78, 5) is 2.53. The van der Waals surface area contributed by atoms with E-state index in [0.717, 1.165) is 17.9 Å². The summed E-state index contributed by atoms with van der Waals surface area (Å²) in [5.41, 5.74) is 0. The van der Waals surface area contributed by atoms with Gasteiger partial charge in [0.05, 0.1) is 0 Å². The molecular formula is C8H15N. The van der Waals surface area contributed by atoms with Crippen molar-refractivity contribution in [3.05, 3.63) is 0 Å². The Hall–Kier alpha value is -0.0400. The molecule has 1 saturated heterocycles. The number of nitrogens with zero attached hydrogens (tertiary/aromatic N) is 1. The van der Waals surface area contributed by atoms with E-state index in [1.54, 1.807) is 0 Å². The summed E-state index contributed by atoms with van der Waals surface area (Å²) in [5, 5.41) is 0. The van der Waals surface area contributed by atoms with Crippen LogP contribution in [0.2, 0.25) is 0 Å². The molecule has 0 aromatic heterocycles. The summed E-state index contributed by atoms with van der Waals surface area (Å²) >= 11 is 0. The molecule has 2 fully saturated rings. The first-order chi connectivity index (χ1) is 4.33. The van der Waals surface area contributed by atoms with Gasteiger partial charge in [0.2, 0.25) is 0 Å². The maximum absolute atomic E-state index is 2.53. The van der Waals surface area contributed by atoms with Gasteiger partial charge in [0.1, 0.15) is 0 Å². The van der Waals surface area contributed by atoms with Crippen LogP contribution in [0, 0.1) is 11.8 Å². The molecule has 1 nitrogen and oxygen atoms in total. The minimum absolute atomic E-state index is 0.940. The lowest BCUT2D eigenvalue weighted by Gasteiger charge is -2.20. The Morgan fingerprint density at radius 3 is 2.67 bits per heavy atom. The Kier molecular flexibility index (Phi) is 1.10. The maximum Gasteiger partial charge on any atom is 0.0121 e. The van der Waals surface area contributed by atoms with Crippen molar-refractivity contribution in [1.82, 2.24) is 4.90 Å². The second-order valence-corrected chi connectivity index (χ2v) is 3.57. The van der Waals surface area contributed by atoms with Gasteiger partial charge in [-0.2, -0.15) is 0 Å². The third-order valence-electron chi connectivity index (χ3n) is 2.98. The van der Waals surface area contributed by atoms with Gasteiger partial charge >= 0.3 is 0 Å². The molecule has 1 saturated carbocycles. The molecule has 0 aromatic rings. The van der Waals surface area contributed by atoms with Gasteiger partial charge in [-0.25, -0.2) is 0 Å². The zero-order valence-corrected chi connectivity index (χ0v) is 6.30. The van der Waals surface area contributed by atoms with Gasteiger partial charge in [-0.1, -0.05) is 6.92 Å². The number of piperidine rings is 1. The Morgan fingerprint density at radius 1 is 1.56 bits per heavy atom. The summed E-state index contributed by atoms with van der Waals surface area (Å²) in [5.74, 6) is 2.19. The maximum atomic E-state index is 2.53. The van der Waals surface area contributed by atoms with Crippen LogP contribution in [0.25, 0.3) is 0 Å². The highest BCUT2D eigenvalue weighted by atomic mass is 15.2. The summed E-state index contributed by atoms with van der Waals surface area (Å²) in [6.45, 7) is 3.69. The second-order valence-electron chi connectivity index (χ2n) is 3.57. The molecule has 3 atom stereocenters. The Labute approximate surface area is 57.0 Å². The molecule has 3 unspecified atom stereocenters. The normalized spacial score (nSPS) is 49.3. The van der Waals surface area contributed by atoms with Crippen LogP contribution in [0.4, 0.5) is 0 Å². The zero-order valence-electron chi connectivity index (χ0n) is 6.30. The van der Waals surface area contributed by atoms with Crippen LogP contribution in [-0.2, 0) is 0 Å². The van der Waals surface area contributed by atoms with Gasteiger partial charge in [-0.05, 0) is 31.7 Å². The predicted octanol–water partition coefficient (Wildman–Crippen LogP) is 1.35. The van der Waals surface area contributed by atoms with Crippen molar-refractivity contribution in [2.45, 2.75) is 25.8 Å². The molecular weight excluding hydrogens is 110 g/mol. The molecule has 0 N–H and O–H groups in total. The lowest BCUT2D eigenvalue weighted by Crippen LogP contribution is -2.28.